The van der Waals surface area contributed by atoms with Crippen LogP contribution >= 0.6 is 0 Å². The third-order valence-corrected chi connectivity index (χ3v) is 3.13. The van der Waals surface area contributed by atoms with E-state index in [0.717, 1.165) is 11.3 Å². The average molecular weight is 287 g/mol. The molecule has 0 fully saturated rings. The highest BCUT2D eigenvalue weighted by Gasteiger charge is 2.17. The number of anilines is 1. The van der Waals surface area contributed by atoms with E-state index in [1.807, 2.05) is 24.3 Å². The molecule has 0 radical (unpaired) electrons. The molecular weight excluding hydrogens is 266 g/mol. The lowest BCUT2D eigenvalue weighted by molar-refractivity contribution is 0.102. The number of hydrogen-bond acceptors (Lipinski definition) is 3. The van der Waals surface area contributed by atoms with Crippen molar-refractivity contribution in [3.63, 3.8) is 0 Å². The Morgan fingerprint density at radius 3 is 2.71 bits per heavy atom. The number of H-pyrrole nitrogens is 1. The number of methoxy groups -OCH3 is 1. The van der Waals surface area contributed by atoms with Crippen LogP contribution in [0.1, 0.15) is 42.4 Å². The van der Waals surface area contributed by atoms with E-state index in [4.69, 9.17) is 4.74 Å². The van der Waals surface area contributed by atoms with Gasteiger partial charge in [-0.1, -0.05) is 32.9 Å². The third kappa shape index (κ3) is 3.92. The molecule has 0 unspecified atom stereocenters. The molecule has 0 saturated heterocycles. The molecule has 112 valence electrons. The number of rotatable bonds is 4. The van der Waals surface area contributed by atoms with Crippen LogP contribution in [0.15, 0.2) is 30.3 Å². The Morgan fingerprint density at radius 1 is 1.33 bits per heavy atom. The summed E-state index contributed by atoms with van der Waals surface area (Å²) < 4.78 is 5.07. The number of carbonyl (C=O) groups excluding carboxylic acids is 1. The van der Waals surface area contributed by atoms with Gasteiger partial charge in [0.05, 0.1) is 6.61 Å². The minimum Gasteiger partial charge on any atom is -0.380 e. The topological polar surface area (TPSA) is 67.0 Å². The number of hydrogen-bond donors (Lipinski definition) is 2. The highest BCUT2D eigenvalue weighted by atomic mass is 16.5. The van der Waals surface area contributed by atoms with Crippen molar-refractivity contribution < 1.29 is 9.53 Å². The molecular formula is C16H21N3O2. The molecule has 0 aliphatic carbocycles. The summed E-state index contributed by atoms with van der Waals surface area (Å²) in [5.74, 6) is 0.349. The molecule has 1 aromatic heterocycles. The zero-order valence-corrected chi connectivity index (χ0v) is 12.9. The molecule has 2 rings (SSSR count). The van der Waals surface area contributed by atoms with Gasteiger partial charge in [-0.3, -0.25) is 9.89 Å². The molecule has 5 nitrogen and oxygen atoms in total. The van der Waals surface area contributed by atoms with Crippen molar-refractivity contribution in [2.45, 2.75) is 32.8 Å². The molecule has 0 aliphatic heterocycles. The highest BCUT2D eigenvalue weighted by Crippen LogP contribution is 2.22. The SMILES string of the molecule is COCc1cccc(C(=O)Nc2cc(C(C)(C)C)[nH]n2)c1. The summed E-state index contributed by atoms with van der Waals surface area (Å²) in [6, 6.07) is 9.21. The van der Waals surface area contributed by atoms with Crippen molar-refractivity contribution in [1.29, 1.82) is 0 Å². The third-order valence-electron chi connectivity index (χ3n) is 3.13. The highest BCUT2D eigenvalue weighted by molar-refractivity contribution is 6.03. The normalized spacial score (nSPS) is 11.4. The van der Waals surface area contributed by atoms with Crippen LogP contribution in [-0.4, -0.2) is 23.2 Å². The molecule has 1 heterocycles. The van der Waals surface area contributed by atoms with Gasteiger partial charge in [0.15, 0.2) is 5.82 Å². The van der Waals surface area contributed by atoms with Gasteiger partial charge in [-0.25, -0.2) is 0 Å². The van der Waals surface area contributed by atoms with Gasteiger partial charge in [-0.05, 0) is 17.7 Å². The molecule has 0 aliphatic rings. The smallest absolute Gasteiger partial charge is 0.256 e. The number of nitrogens with one attached hydrogen (secondary N) is 2. The first-order valence-corrected chi connectivity index (χ1v) is 6.85. The molecule has 0 spiro atoms. The first-order chi connectivity index (χ1) is 9.90. The van der Waals surface area contributed by atoms with E-state index in [2.05, 4.69) is 36.3 Å². The summed E-state index contributed by atoms with van der Waals surface area (Å²) in [6.07, 6.45) is 0. The Hall–Kier alpha value is -2.14. The van der Waals surface area contributed by atoms with Crippen molar-refractivity contribution in [1.82, 2.24) is 10.2 Å². The number of nitrogens with zero attached hydrogens (tertiary/aromatic N) is 1. The van der Waals surface area contributed by atoms with Gasteiger partial charge in [0.2, 0.25) is 0 Å². The number of benzene rings is 1. The number of ether oxygens (including phenoxy) is 1. The van der Waals surface area contributed by atoms with E-state index in [9.17, 15) is 4.79 Å². The molecule has 1 amide bonds. The zero-order chi connectivity index (χ0) is 15.5. The number of amides is 1. The van der Waals surface area contributed by atoms with Crippen LogP contribution in [0.4, 0.5) is 5.82 Å². The van der Waals surface area contributed by atoms with Crippen LogP contribution in [0, 0.1) is 0 Å². The second kappa shape index (κ2) is 6.10. The summed E-state index contributed by atoms with van der Waals surface area (Å²) >= 11 is 0. The van der Waals surface area contributed by atoms with Gasteiger partial charge in [-0.2, -0.15) is 5.10 Å². The fourth-order valence-electron chi connectivity index (χ4n) is 1.93. The second-order valence-corrected chi connectivity index (χ2v) is 6.00. The number of carbonyl (C=O) groups is 1. The van der Waals surface area contributed by atoms with Crippen molar-refractivity contribution in [2.75, 3.05) is 12.4 Å². The summed E-state index contributed by atoms with van der Waals surface area (Å²) in [4.78, 5) is 12.2. The van der Waals surface area contributed by atoms with E-state index < -0.39 is 0 Å². The lowest BCUT2D eigenvalue weighted by Crippen LogP contribution is -2.13. The van der Waals surface area contributed by atoms with Crippen LogP contribution in [-0.2, 0) is 16.8 Å². The molecule has 0 bridgehead atoms. The van der Waals surface area contributed by atoms with Crippen molar-refractivity contribution >= 4 is 11.7 Å². The first kappa shape index (κ1) is 15.3. The van der Waals surface area contributed by atoms with E-state index >= 15 is 0 Å². The maximum absolute atomic E-state index is 12.2. The lowest BCUT2D eigenvalue weighted by Gasteiger charge is -2.14. The Labute approximate surface area is 124 Å². The van der Waals surface area contributed by atoms with Crippen LogP contribution in [0.5, 0.6) is 0 Å². The molecule has 2 N–H and O–H groups in total. The molecule has 1 aromatic carbocycles. The predicted molar refractivity (Wildman–Crippen MR) is 82.4 cm³/mol. The largest absolute Gasteiger partial charge is 0.380 e. The van der Waals surface area contributed by atoms with Crippen molar-refractivity contribution in [3.8, 4) is 0 Å². The van der Waals surface area contributed by atoms with Crippen LogP contribution in [0.2, 0.25) is 0 Å². The minimum absolute atomic E-state index is 0.0334. The summed E-state index contributed by atoms with van der Waals surface area (Å²) in [5, 5.41) is 9.87. The van der Waals surface area contributed by atoms with Gasteiger partial charge in [0.1, 0.15) is 0 Å². The minimum atomic E-state index is -0.181. The van der Waals surface area contributed by atoms with Crippen LogP contribution in [0.3, 0.4) is 0 Å². The number of aromatic nitrogens is 2. The second-order valence-electron chi connectivity index (χ2n) is 6.00. The molecule has 2 aromatic rings. The maximum atomic E-state index is 12.2. The quantitative estimate of drug-likeness (QED) is 0.908. The standard InChI is InChI=1S/C16H21N3O2/c1-16(2,3)13-9-14(19-18-13)17-15(20)12-7-5-6-11(8-12)10-21-4/h5-9H,10H2,1-4H3,(H2,17,18,19,20). The van der Waals surface area contributed by atoms with Crippen LogP contribution < -0.4 is 5.32 Å². The average Bonchev–Trinajstić information content (AvgIpc) is 2.88. The van der Waals surface area contributed by atoms with E-state index in [1.165, 1.54) is 0 Å². The Kier molecular flexibility index (Phi) is 4.43. The lowest BCUT2D eigenvalue weighted by atomic mass is 9.92. The fourth-order valence-corrected chi connectivity index (χ4v) is 1.93. The molecule has 0 saturated carbocycles. The van der Waals surface area contributed by atoms with E-state index in [-0.39, 0.29) is 11.3 Å². The van der Waals surface area contributed by atoms with Gasteiger partial charge in [0, 0.05) is 29.8 Å². The molecule has 0 atom stereocenters. The van der Waals surface area contributed by atoms with Crippen molar-refractivity contribution in [2.24, 2.45) is 0 Å². The number of aromatic amines is 1. The Bertz CT molecular complexity index is 626. The van der Waals surface area contributed by atoms with Crippen LogP contribution in [0.25, 0.3) is 0 Å². The monoisotopic (exact) mass is 287 g/mol. The van der Waals surface area contributed by atoms with Gasteiger partial charge in [0.25, 0.3) is 5.91 Å². The van der Waals surface area contributed by atoms with Gasteiger partial charge in [-0.15, -0.1) is 0 Å². The van der Waals surface area contributed by atoms with E-state index in [0.29, 0.717) is 18.0 Å². The Morgan fingerprint density at radius 2 is 2.10 bits per heavy atom. The predicted octanol–water partition coefficient (Wildman–Crippen LogP) is 3.11. The van der Waals surface area contributed by atoms with E-state index in [1.54, 1.807) is 13.2 Å². The molecule has 5 heteroatoms. The summed E-state index contributed by atoms with van der Waals surface area (Å²) in [7, 11) is 1.63. The van der Waals surface area contributed by atoms with Crippen molar-refractivity contribution in [3.05, 3.63) is 47.2 Å². The van der Waals surface area contributed by atoms with Gasteiger partial charge >= 0.3 is 0 Å². The maximum Gasteiger partial charge on any atom is 0.256 e. The summed E-state index contributed by atoms with van der Waals surface area (Å²) in [5.41, 5.74) is 2.49. The summed E-state index contributed by atoms with van der Waals surface area (Å²) in [6.45, 7) is 6.73. The van der Waals surface area contributed by atoms with Gasteiger partial charge < -0.3 is 10.1 Å². The zero-order valence-electron chi connectivity index (χ0n) is 12.9. The fraction of sp³-hybridized carbons (Fsp3) is 0.375. The Balaban J connectivity index is 2.11. The molecule has 21 heavy (non-hydrogen) atoms. The first-order valence-electron chi connectivity index (χ1n) is 6.85.